The number of nitrogens with two attached hydrogens (primary N) is 1. The van der Waals surface area contributed by atoms with E-state index in [0.717, 1.165) is 5.56 Å². The van der Waals surface area contributed by atoms with Crippen molar-refractivity contribution in [3.63, 3.8) is 0 Å². The van der Waals surface area contributed by atoms with Gasteiger partial charge in [0, 0.05) is 18.3 Å². The molecule has 0 saturated carbocycles. The molecule has 0 aromatic heterocycles. The van der Waals surface area contributed by atoms with E-state index in [1.54, 1.807) is 13.0 Å². The predicted octanol–water partition coefficient (Wildman–Crippen LogP) is 2.57. The van der Waals surface area contributed by atoms with E-state index in [1.807, 2.05) is 20.8 Å². The molecule has 1 unspecified atom stereocenters. The summed E-state index contributed by atoms with van der Waals surface area (Å²) in [5.74, 6) is 0.0906. The zero-order chi connectivity index (χ0) is 16.2. The zero-order valence-corrected chi connectivity index (χ0v) is 14.4. The van der Waals surface area contributed by atoms with Gasteiger partial charge >= 0.3 is 0 Å². The van der Waals surface area contributed by atoms with Crippen molar-refractivity contribution in [3.05, 3.63) is 22.7 Å². The highest BCUT2D eigenvalue weighted by Gasteiger charge is 2.25. The van der Waals surface area contributed by atoms with Crippen LogP contribution in [0.5, 0.6) is 0 Å². The maximum atomic E-state index is 12.5. The number of nitrogens with one attached hydrogen (secondary N) is 1. The first-order valence-electron chi connectivity index (χ1n) is 6.84. The molecule has 7 heteroatoms. The van der Waals surface area contributed by atoms with Crippen molar-refractivity contribution in [2.45, 2.75) is 38.6 Å². The first-order valence-corrected chi connectivity index (χ1v) is 8.70. The van der Waals surface area contributed by atoms with Gasteiger partial charge in [0.2, 0.25) is 10.0 Å². The molecule has 21 heavy (non-hydrogen) atoms. The molecule has 0 aliphatic heterocycles. The molecule has 1 atom stereocenters. The summed E-state index contributed by atoms with van der Waals surface area (Å²) in [5.41, 5.74) is 6.92. The third-order valence-corrected chi connectivity index (χ3v) is 5.18. The molecule has 5 nitrogen and oxygen atoms in total. The maximum Gasteiger partial charge on any atom is 0.242 e. The van der Waals surface area contributed by atoms with Crippen LogP contribution in [0, 0.1) is 12.8 Å². The van der Waals surface area contributed by atoms with Crippen LogP contribution in [0.2, 0.25) is 5.02 Å². The Bertz CT molecular complexity index is 588. The first kappa shape index (κ1) is 18.2. The molecule has 0 saturated heterocycles. The van der Waals surface area contributed by atoms with Crippen LogP contribution in [0.15, 0.2) is 17.0 Å². The van der Waals surface area contributed by atoms with Crippen molar-refractivity contribution in [1.82, 2.24) is 4.72 Å². The molecule has 0 heterocycles. The van der Waals surface area contributed by atoms with Crippen LogP contribution in [0.4, 0.5) is 5.69 Å². The van der Waals surface area contributed by atoms with Crippen LogP contribution in [0.1, 0.15) is 26.3 Å². The summed E-state index contributed by atoms with van der Waals surface area (Å²) in [6.07, 6.45) is 0. The van der Waals surface area contributed by atoms with E-state index in [1.165, 1.54) is 6.07 Å². The summed E-state index contributed by atoms with van der Waals surface area (Å²) >= 11 is 6.05. The highest BCUT2D eigenvalue weighted by atomic mass is 35.5. The summed E-state index contributed by atoms with van der Waals surface area (Å²) in [6, 6.07) is 2.62. The average molecular weight is 335 g/mol. The quantitative estimate of drug-likeness (QED) is 0.751. The molecule has 0 aliphatic rings. The van der Waals surface area contributed by atoms with E-state index in [2.05, 4.69) is 4.72 Å². The molecule has 0 amide bonds. The minimum atomic E-state index is -3.75. The fourth-order valence-electron chi connectivity index (χ4n) is 1.74. The molecule has 120 valence electrons. The second kappa shape index (κ2) is 7.45. The van der Waals surface area contributed by atoms with Gasteiger partial charge in [0.05, 0.1) is 11.6 Å². The summed E-state index contributed by atoms with van der Waals surface area (Å²) < 4.78 is 32.9. The van der Waals surface area contributed by atoms with Crippen LogP contribution in [0.25, 0.3) is 0 Å². The van der Waals surface area contributed by atoms with Gasteiger partial charge in [-0.05, 0) is 37.5 Å². The van der Waals surface area contributed by atoms with E-state index < -0.39 is 10.0 Å². The lowest BCUT2D eigenvalue weighted by atomic mass is 10.1. The molecular weight excluding hydrogens is 312 g/mol. The number of anilines is 1. The second-order valence-corrected chi connectivity index (χ2v) is 7.36. The minimum absolute atomic E-state index is 0.00517. The minimum Gasteiger partial charge on any atom is -0.398 e. The van der Waals surface area contributed by atoms with Crippen LogP contribution in [0.3, 0.4) is 0 Å². The summed E-state index contributed by atoms with van der Waals surface area (Å²) in [7, 11) is -3.75. The highest BCUT2D eigenvalue weighted by Crippen LogP contribution is 2.27. The van der Waals surface area contributed by atoms with E-state index in [9.17, 15) is 8.42 Å². The fraction of sp³-hybridized carbons (Fsp3) is 0.571. The molecule has 0 fully saturated rings. The molecule has 1 aromatic rings. The number of nitrogen functional groups attached to an aromatic ring is 1. The molecule has 1 rings (SSSR count). The Balaban J connectivity index is 3.07. The van der Waals surface area contributed by atoms with Gasteiger partial charge in [0.25, 0.3) is 0 Å². The number of benzene rings is 1. The van der Waals surface area contributed by atoms with Crippen LogP contribution in [-0.2, 0) is 14.8 Å². The van der Waals surface area contributed by atoms with Gasteiger partial charge in [-0.3, -0.25) is 0 Å². The normalized spacial score (nSPS) is 13.6. The largest absolute Gasteiger partial charge is 0.398 e. The van der Waals surface area contributed by atoms with Crippen molar-refractivity contribution in [1.29, 1.82) is 0 Å². The molecular formula is C14H23ClN2O3S. The SMILES string of the molecule is CCOCC(NS(=O)(=O)c1cc(N)c(C)cc1Cl)C(C)C. The predicted molar refractivity (Wildman–Crippen MR) is 86.0 cm³/mol. The third-order valence-electron chi connectivity index (χ3n) is 3.22. The van der Waals surface area contributed by atoms with Crippen molar-refractivity contribution in [3.8, 4) is 0 Å². The van der Waals surface area contributed by atoms with E-state index >= 15 is 0 Å². The van der Waals surface area contributed by atoms with Gasteiger partial charge in [-0.1, -0.05) is 25.4 Å². The Morgan fingerprint density at radius 3 is 2.52 bits per heavy atom. The number of halogens is 1. The van der Waals surface area contributed by atoms with Crippen LogP contribution >= 0.6 is 11.6 Å². The van der Waals surface area contributed by atoms with Crippen molar-refractivity contribution in [2.75, 3.05) is 18.9 Å². The number of rotatable bonds is 7. The molecule has 0 radical (unpaired) electrons. The smallest absolute Gasteiger partial charge is 0.242 e. The van der Waals surface area contributed by atoms with Gasteiger partial charge in [0.1, 0.15) is 4.90 Å². The number of aryl methyl sites for hydroxylation is 1. The Kier molecular flexibility index (Phi) is 6.46. The second-order valence-electron chi connectivity index (χ2n) is 5.27. The third kappa shape index (κ3) is 4.85. The average Bonchev–Trinajstić information content (AvgIpc) is 2.38. The summed E-state index contributed by atoms with van der Waals surface area (Å²) in [6.45, 7) is 8.34. The molecule has 0 spiro atoms. The summed E-state index contributed by atoms with van der Waals surface area (Å²) in [5, 5.41) is 0.160. The standard InChI is InChI=1S/C14H23ClN2O3S/c1-5-20-8-13(9(2)3)17-21(18,19)14-7-12(16)10(4)6-11(14)15/h6-7,9,13,17H,5,8,16H2,1-4H3. The van der Waals surface area contributed by atoms with E-state index in [-0.39, 0.29) is 21.9 Å². The van der Waals surface area contributed by atoms with Crippen molar-refractivity contribution >= 4 is 27.3 Å². The first-order chi connectivity index (χ1) is 9.69. The van der Waals surface area contributed by atoms with Crippen LogP contribution in [-0.4, -0.2) is 27.7 Å². The Hall–Kier alpha value is -0.820. The van der Waals surface area contributed by atoms with E-state index in [4.69, 9.17) is 22.1 Å². The lowest BCUT2D eigenvalue weighted by molar-refractivity contribution is 0.116. The lowest BCUT2D eigenvalue weighted by Crippen LogP contribution is -2.41. The number of hydrogen-bond donors (Lipinski definition) is 2. The Morgan fingerprint density at radius 1 is 1.38 bits per heavy atom. The molecule has 3 N–H and O–H groups in total. The molecule has 0 bridgehead atoms. The Labute approximate surface area is 131 Å². The monoisotopic (exact) mass is 334 g/mol. The lowest BCUT2D eigenvalue weighted by Gasteiger charge is -2.22. The number of sulfonamides is 1. The number of ether oxygens (including phenoxy) is 1. The number of hydrogen-bond acceptors (Lipinski definition) is 4. The van der Waals surface area contributed by atoms with Crippen molar-refractivity contribution < 1.29 is 13.2 Å². The van der Waals surface area contributed by atoms with Gasteiger partial charge in [-0.25, -0.2) is 13.1 Å². The molecule has 1 aromatic carbocycles. The Morgan fingerprint density at radius 2 is 2.00 bits per heavy atom. The van der Waals surface area contributed by atoms with Gasteiger partial charge in [-0.15, -0.1) is 0 Å². The summed E-state index contributed by atoms with van der Waals surface area (Å²) in [4.78, 5) is -0.00517. The van der Waals surface area contributed by atoms with E-state index in [0.29, 0.717) is 18.9 Å². The topological polar surface area (TPSA) is 81.4 Å². The zero-order valence-electron chi connectivity index (χ0n) is 12.8. The van der Waals surface area contributed by atoms with Gasteiger partial charge < -0.3 is 10.5 Å². The molecule has 0 aliphatic carbocycles. The fourth-order valence-corrected chi connectivity index (χ4v) is 3.73. The van der Waals surface area contributed by atoms with Gasteiger partial charge in [-0.2, -0.15) is 0 Å². The van der Waals surface area contributed by atoms with Gasteiger partial charge in [0.15, 0.2) is 0 Å². The maximum absolute atomic E-state index is 12.5. The van der Waals surface area contributed by atoms with Crippen molar-refractivity contribution in [2.24, 2.45) is 5.92 Å². The highest BCUT2D eigenvalue weighted by molar-refractivity contribution is 7.89. The van der Waals surface area contributed by atoms with Crippen LogP contribution < -0.4 is 10.5 Å².